The maximum atomic E-state index is 13.8. The van der Waals surface area contributed by atoms with Crippen molar-refractivity contribution in [3.8, 4) is 44.6 Å². The van der Waals surface area contributed by atoms with Crippen molar-refractivity contribution in [1.29, 1.82) is 0 Å². The van der Waals surface area contributed by atoms with Gasteiger partial charge in [-0.1, -0.05) is 176 Å². The number of fused-ring (bicyclic) bond motifs is 10. The van der Waals surface area contributed by atoms with Gasteiger partial charge >= 0.3 is 0 Å². The van der Waals surface area contributed by atoms with Crippen molar-refractivity contribution >= 4 is 64.8 Å². The molecular formula is C53H32FN. The van der Waals surface area contributed by atoms with Crippen LogP contribution in [0.5, 0.6) is 0 Å². The van der Waals surface area contributed by atoms with E-state index in [4.69, 9.17) is 4.98 Å². The van der Waals surface area contributed by atoms with Crippen molar-refractivity contribution in [2.45, 2.75) is 0 Å². The molecule has 0 saturated heterocycles. The Morgan fingerprint density at radius 2 is 0.709 bits per heavy atom. The Bertz CT molecular complexity index is 3240. The molecule has 0 fully saturated rings. The zero-order chi connectivity index (χ0) is 36.5. The molecule has 0 N–H and O–H groups in total. The number of nitrogens with zero attached hydrogens (tertiary/aromatic N) is 1. The fraction of sp³-hybridized carbons (Fsp3) is 0. The normalized spacial score (nSPS) is 11.7. The summed E-state index contributed by atoms with van der Waals surface area (Å²) in [6.07, 6.45) is 0. The zero-order valence-corrected chi connectivity index (χ0v) is 29.8. The highest BCUT2D eigenvalue weighted by Gasteiger charge is 2.20. The summed E-state index contributed by atoms with van der Waals surface area (Å²) < 4.78 is 13.8. The van der Waals surface area contributed by atoms with Gasteiger partial charge in [-0.05, 0) is 94.7 Å². The molecule has 55 heavy (non-hydrogen) atoms. The third kappa shape index (κ3) is 4.96. The highest BCUT2D eigenvalue weighted by atomic mass is 19.1. The van der Waals surface area contributed by atoms with E-state index in [-0.39, 0.29) is 5.82 Å². The Kier molecular flexibility index (Phi) is 7.11. The van der Waals surface area contributed by atoms with Crippen molar-refractivity contribution < 1.29 is 4.39 Å². The summed E-state index contributed by atoms with van der Waals surface area (Å²) in [7, 11) is 0. The van der Waals surface area contributed by atoms with Crippen LogP contribution in [0.4, 0.5) is 4.39 Å². The van der Waals surface area contributed by atoms with Crippen molar-refractivity contribution in [2.24, 2.45) is 0 Å². The molecule has 256 valence electrons. The highest BCUT2D eigenvalue weighted by molar-refractivity contribution is 6.34. The van der Waals surface area contributed by atoms with E-state index in [1.807, 2.05) is 12.1 Å². The van der Waals surface area contributed by atoms with Gasteiger partial charge in [-0.15, -0.1) is 0 Å². The maximum absolute atomic E-state index is 13.8. The lowest BCUT2D eigenvalue weighted by atomic mass is 9.85. The van der Waals surface area contributed by atoms with Crippen LogP contribution in [0.3, 0.4) is 0 Å². The monoisotopic (exact) mass is 701 g/mol. The number of hydrogen-bond acceptors (Lipinski definition) is 1. The van der Waals surface area contributed by atoms with Crippen LogP contribution in [-0.2, 0) is 0 Å². The Morgan fingerprint density at radius 3 is 1.27 bits per heavy atom. The van der Waals surface area contributed by atoms with Gasteiger partial charge in [0.15, 0.2) is 0 Å². The van der Waals surface area contributed by atoms with Crippen molar-refractivity contribution in [1.82, 2.24) is 4.98 Å². The third-order valence-corrected chi connectivity index (χ3v) is 11.3. The molecule has 11 rings (SSSR count). The van der Waals surface area contributed by atoms with E-state index in [0.29, 0.717) is 0 Å². The molecule has 1 nitrogen and oxygen atoms in total. The first-order valence-electron chi connectivity index (χ1n) is 18.7. The number of pyridine rings is 1. The van der Waals surface area contributed by atoms with Crippen LogP contribution in [0, 0.1) is 5.82 Å². The molecule has 0 spiro atoms. The molecular weight excluding hydrogens is 670 g/mol. The van der Waals surface area contributed by atoms with Crippen LogP contribution in [0.25, 0.3) is 109 Å². The standard InChI is InChI=1S/C53H32FN/c54-38-29-26-34(27-30-38)33-22-24-36(25-23-33)53-52-42-17-7-5-15-40(42)39-14-4-6-16-41(39)51(52)47-31-28-37(32-48(47)55-53)50-45-20-10-8-18-43(45)49(35-12-2-1-3-13-35)44-19-9-11-21-46(44)50/h1-32H. The topological polar surface area (TPSA) is 12.9 Å². The lowest BCUT2D eigenvalue weighted by Gasteiger charge is -2.19. The highest BCUT2D eigenvalue weighted by Crippen LogP contribution is 2.46. The average molecular weight is 702 g/mol. The molecule has 10 aromatic carbocycles. The van der Waals surface area contributed by atoms with E-state index in [9.17, 15) is 4.39 Å². The maximum Gasteiger partial charge on any atom is 0.123 e. The van der Waals surface area contributed by atoms with Gasteiger partial charge in [-0.25, -0.2) is 9.37 Å². The second-order valence-electron chi connectivity index (χ2n) is 14.3. The smallest absolute Gasteiger partial charge is 0.123 e. The predicted molar refractivity (Wildman–Crippen MR) is 231 cm³/mol. The van der Waals surface area contributed by atoms with Gasteiger partial charge in [-0.3, -0.25) is 0 Å². The molecule has 0 amide bonds. The summed E-state index contributed by atoms with van der Waals surface area (Å²) >= 11 is 0. The molecule has 0 bridgehead atoms. The van der Waals surface area contributed by atoms with E-state index >= 15 is 0 Å². The Hall–Kier alpha value is -7.16. The lowest BCUT2D eigenvalue weighted by molar-refractivity contribution is 0.628. The molecule has 0 aliphatic rings. The van der Waals surface area contributed by atoms with Crippen LogP contribution < -0.4 is 0 Å². The second kappa shape index (κ2) is 12.5. The average Bonchev–Trinajstić information content (AvgIpc) is 3.25. The van der Waals surface area contributed by atoms with E-state index in [1.54, 1.807) is 0 Å². The van der Waals surface area contributed by atoms with Crippen LogP contribution >= 0.6 is 0 Å². The lowest BCUT2D eigenvalue weighted by Crippen LogP contribution is -1.94. The quantitative estimate of drug-likeness (QED) is 0.131. The molecule has 0 unspecified atom stereocenters. The Labute approximate surface area is 317 Å². The summed E-state index contributed by atoms with van der Waals surface area (Å²) in [6, 6.07) is 67.9. The van der Waals surface area contributed by atoms with Gasteiger partial charge in [0.2, 0.25) is 0 Å². The van der Waals surface area contributed by atoms with Gasteiger partial charge in [-0.2, -0.15) is 0 Å². The molecule has 2 heteroatoms. The Balaban J connectivity index is 1.23. The summed E-state index contributed by atoms with van der Waals surface area (Å²) in [4.78, 5) is 5.61. The fourth-order valence-corrected chi connectivity index (χ4v) is 8.86. The first kappa shape index (κ1) is 31.4. The largest absolute Gasteiger partial charge is 0.247 e. The summed E-state index contributed by atoms with van der Waals surface area (Å²) in [5.74, 6) is -0.237. The minimum absolute atomic E-state index is 0.237. The minimum atomic E-state index is -0.237. The van der Waals surface area contributed by atoms with E-state index in [1.165, 1.54) is 77.3 Å². The fourth-order valence-electron chi connectivity index (χ4n) is 8.86. The molecule has 1 aromatic heterocycles. The first-order chi connectivity index (χ1) is 27.2. The Morgan fingerprint density at radius 1 is 0.291 bits per heavy atom. The van der Waals surface area contributed by atoms with Crippen LogP contribution in [0.1, 0.15) is 0 Å². The summed E-state index contributed by atoms with van der Waals surface area (Å²) in [5.41, 5.74) is 9.74. The third-order valence-electron chi connectivity index (χ3n) is 11.3. The minimum Gasteiger partial charge on any atom is -0.247 e. The van der Waals surface area contributed by atoms with Crippen molar-refractivity contribution in [3.05, 3.63) is 200 Å². The number of benzene rings is 10. The van der Waals surface area contributed by atoms with Gasteiger partial charge < -0.3 is 0 Å². The van der Waals surface area contributed by atoms with Crippen molar-refractivity contribution in [3.63, 3.8) is 0 Å². The molecule has 0 aliphatic heterocycles. The number of aromatic nitrogens is 1. The van der Waals surface area contributed by atoms with Crippen LogP contribution in [0.15, 0.2) is 194 Å². The molecule has 0 saturated carbocycles. The first-order valence-corrected chi connectivity index (χ1v) is 18.7. The molecule has 0 atom stereocenters. The SMILES string of the molecule is Fc1ccc(-c2ccc(-c3nc4cc(-c5c6ccccc6c(-c6ccccc6)c6ccccc56)ccc4c4c5ccccc5c5ccccc5c34)cc2)cc1. The van der Waals surface area contributed by atoms with Gasteiger partial charge in [0.1, 0.15) is 5.82 Å². The summed E-state index contributed by atoms with van der Waals surface area (Å²) in [6.45, 7) is 0. The summed E-state index contributed by atoms with van der Waals surface area (Å²) in [5, 5.41) is 13.2. The molecule has 0 radical (unpaired) electrons. The van der Waals surface area contributed by atoms with Crippen LogP contribution in [0.2, 0.25) is 0 Å². The van der Waals surface area contributed by atoms with E-state index < -0.39 is 0 Å². The van der Waals surface area contributed by atoms with Gasteiger partial charge in [0, 0.05) is 21.7 Å². The van der Waals surface area contributed by atoms with Crippen molar-refractivity contribution in [2.75, 3.05) is 0 Å². The van der Waals surface area contributed by atoms with E-state index in [0.717, 1.165) is 44.2 Å². The second-order valence-corrected chi connectivity index (χ2v) is 14.3. The van der Waals surface area contributed by atoms with Gasteiger partial charge in [0.05, 0.1) is 11.2 Å². The number of halogens is 1. The molecule has 0 aliphatic carbocycles. The molecule has 1 heterocycles. The predicted octanol–water partition coefficient (Wildman–Crippen LogP) is 14.8. The van der Waals surface area contributed by atoms with Gasteiger partial charge in [0.25, 0.3) is 0 Å². The van der Waals surface area contributed by atoms with E-state index in [2.05, 4.69) is 170 Å². The number of hydrogen-bond donors (Lipinski definition) is 0. The van der Waals surface area contributed by atoms with Crippen LogP contribution in [-0.4, -0.2) is 4.98 Å². The number of rotatable bonds is 4. The molecule has 11 aromatic rings. The zero-order valence-electron chi connectivity index (χ0n) is 29.8.